The maximum absolute atomic E-state index is 5.25. The fraction of sp³-hybridized carbons (Fsp3) is 1.00. The van der Waals surface area contributed by atoms with Crippen LogP contribution in [0.25, 0.3) is 0 Å². The van der Waals surface area contributed by atoms with Crippen molar-refractivity contribution in [2.75, 3.05) is 26.4 Å². The topological polar surface area (TPSA) is 12.5 Å². The van der Waals surface area contributed by atoms with Crippen LogP contribution in [0.1, 0.15) is 27.2 Å². The van der Waals surface area contributed by atoms with Gasteiger partial charge in [0.25, 0.3) is 0 Å². The minimum absolute atomic E-state index is 0.461. The Morgan fingerprint density at radius 1 is 1.36 bits per heavy atom. The van der Waals surface area contributed by atoms with Crippen LogP contribution >= 0.6 is 0 Å². The maximum Gasteiger partial charge on any atom is 0.0991 e. The lowest BCUT2D eigenvalue weighted by Gasteiger charge is -2.21. The van der Waals surface area contributed by atoms with Gasteiger partial charge in [0.15, 0.2) is 0 Å². The van der Waals surface area contributed by atoms with Gasteiger partial charge in [0.1, 0.15) is 0 Å². The third kappa shape index (κ3) is 3.73. The molecule has 0 spiro atoms. The van der Waals surface area contributed by atoms with Crippen LogP contribution in [0, 0.1) is 5.41 Å². The van der Waals surface area contributed by atoms with E-state index in [-0.39, 0.29) is 0 Å². The standard InChI is InChI=1S/C9H19NO/c1-9(2,3)4-5-10-6-7-11-8-10/h4-8H2,1-3H3. The molecule has 1 aliphatic heterocycles. The Balaban J connectivity index is 2.11. The molecule has 1 rings (SSSR count). The molecule has 0 N–H and O–H groups in total. The molecule has 1 aliphatic rings. The molecule has 0 bridgehead atoms. The van der Waals surface area contributed by atoms with Crippen LogP contribution in [0.5, 0.6) is 0 Å². The van der Waals surface area contributed by atoms with Gasteiger partial charge >= 0.3 is 0 Å². The summed E-state index contributed by atoms with van der Waals surface area (Å²) >= 11 is 0. The van der Waals surface area contributed by atoms with Crippen molar-refractivity contribution in [3.63, 3.8) is 0 Å². The molecule has 0 aromatic heterocycles. The van der Waals surface area contributed by atoms with Crippen LogP contribution in [0.4, 0.5) is 0 Å². The van der Waals surface area contributed by atoms with Gasteiger partial charge in [0, 0.05) is 13.1 Å². The van der Waals surface area contributed by atoms with E-state index in [1.165, 1.54) is 13.0 Å². The van der Waals surface area contributed by atoms with E-state index >= 15 is 0 Å². The largest absolute Gasteiger partial charge is 0.365 e. The lowest BCUT2D eigenvalue weighted by molar-refractivity contribution is 0.132. The molecule has 0 unspecified atom stereocenters. The fourth-order valence-corrected chi connectivity index (χ4v) is 1.12. The minimum Gasteiger partial charge on any atom is -0.365 e. The number of hydrogen-bond acceptors (Lipinski definition) is 2. The Labute approximate surface area is 69.5 Å². The Morgan fingerprint density at radius 3 is 2.55 bits per heavy atom. The van der Waals surface area contributed by atoms with Crippen LogP contribution in [0.15, 0.2) is 0 Å². The second-order valence-corrected chi connectivity index (χ2v) is 4.47. The van der Waals surface area contributed by atoms with Gasteiger partial charge in [0.05, 0.1) is 13.3 Å². The van der Waals surface area contributed by atoms with E-state index in [9.17, 15) is 0 Å². The highest BCUT2D eigenvalue weighted by molar-refractivity contribution is 4.66. The van der Waals surface area contributed by atoms with Gasteiger partial charge < -0.3 is 4.74 Å². The van der Waals surface area contributed by atoms with E-state index in [0.29, 0.717) is 5.41 Å². The molecule has 0 atom stereocenters. The number of rotatable bonds is 2. The monoisotopic (exact) mass is 157 g/mol. The summed E-state index contributed by atoms with van der Waals surface area (Å²) in [5.74, 6) is 0. The molecule has 11 heavy (non-hydrogen) atoms. The smallest absolute Gasteiger partial charge is 0.0991 e. The fourth-order valence-electron chi connectivity index (χ4n) is 1.12. The van der Waals surface area contributed by atoms with E-state index in [2.05, 4.69) is 25.7 Å². The third-order valence-corrected chi connectivity index (χ3v) is 2.00. The lowest BCUT2D eigenvalue weighted by Crippen LogP contribution is -2.24. The highest BCUT2D eigenvalue weighted by atomic mass is 16.5. The average Bonchev–Trinajstić information content (AvgIpc) is 2.32. The first-order chi connectivity index (χ1) is 5.08. The predicted molar refractivity (Wildman–Crippen MR) is 46.5 cm³/mol. The molecule has 0 amide bonds. The summed E-state index contributed by atoms with van der Waals surface area (Å²) in [6, 6.07) is 0. The Morgan fingerprint density at radius 2 is 2.09 bits per heavy atom. The number of hydrogen-bond donors (Lipinski definition) is 0. The average molecular weight is 157 g/mol. The Hall–Kier alpha value is -0.0800. The van der Waals surface area contributed by atoms with Gasteiger partial charge in [-0.25, -0.2) is 0 Å². The zero-order chi connectivity index (χ0) is 8.32. The molecule has 0 aromatic rings. The van der Waals surface area contributed by atoms with Gasteiger partial charge in [-0.3, -0.25) is 4.90 Å². The number of ether oxygens (including phenoxy) is 1. The van der Waals surface area contributed by atoms with Gasteiger partial charge in [-0.05, 0) is 11.8 Å². The van der Waals surface area contributed by atoms with Crippen molar-refractivity contribution in [1.29, 1.82) is 0 Å². The Bertz CT molecular complexity index is 111. The summed E-state index contributed by atoms with van der Waals surface area (Å²) in [5.41, 5.74) is 0.461. The molecule has 0 radical (unpaired) electrons. The molecule has 66 valence electrons. The zero-order valence-electron chi connectivity index (χ0n) is 7.89. The van der Waals surface area contributed by atoms with E-state index in [1.807, 2.05) is 0 Å². The van der Waals surface area contributed by atoms with Crippen molar-refractivity contribution in [2.45, 2.75) is 27.2 Å². The van der Waals surface area contributed by atoms with E-state index in [0.717, 1.165) is 19.9 Å². The SMILES string of the molecule is CC(C)(C)CCN1CCOC1. The van der Waals surface area contributed by atoms with Crippen molar-refractivity contribution in [1.82, 2.24) is 4.90 Å². The van der Waals surface area contributed by atoms with Crippen LogP contribution in [0.3, 0.4) is 0 Å². The first kappa shape index (κ1) is 9.01. The first-order valence-corrected chi connectivity index (χ1v) is 4.38. The van der Waals surface area contributed by atoms with Gasteiger partial charge in [-0.2, -0.15) is 0 Å². The van der Waals surface area contributed by atoms with Gasteiger partial charge in [-0.1, -0.05) is 20.8 Å². The zero-order valence-corrected chi connectivity index (χ0v) is 7.89. The highest BCUT2D eigenvalue weighted by Crippen LogP contribution is 2.19. The van der Waals surface area contributed by atoms with Crippen LogP contribution in [-0.4, -0.2) is 31.3 Å². The second-order valence-electron chi connectivity index (χ2n) is 4.47. The summed E-state index contributed by atoms with van der Waals surface area (Å²) < 4.78 is 5.25. The van der Waals surface area contributed by atoms with Crippen molar-refractivity contribution in [2.24, 2.45) is 5.41 Å². The molecule has 1 fully saturated rings. The summed E-state index contributed by atoms with van der Waals surface area (Å²) in [4.78, 5) is 2.37. The molecule has 0 saturated carbocycles. The molecule has 1 heterocycles. The quantitative estimate of drug-likeness (QED) is 0.605. The predicted octanol–water partition coefficient (Wildman–Crippen LogP) is 1.71. The Kier molecular flexibility index (Phi) is 2.90. The molecular formula is C9H19NO. The third-order valence-electron chi connectivity index (χ3n) is 2.00. The summed E-state index contributed by atoms with van der Waals surface area (Å²) in [5, 5.41) is 0. The van der Waals surface area contributed by atoms with Crippen LogP contribution in [0.2, 0.25) is 0 Å². The minimum atomic E-state index is 0.461. The van der Waals surface area contributed by atoms with Crippen LogP contribution in [-0.2, 0) is 4.74 Å². The first-order valence-electron chi connectivity index (χ1n) is 4.38. The lowest BCUT2D eigenvalue weighted by atomic mass is 9.92. The van der Waals surface area contributed by atoms with Crippen molar-refractivity contribution in [3.8, 4) is 0 Å². The molecule has 2 nitrogen and oxygen atoms in total. The highest BCUT2D eigenvalue weighted by Gasteiger charge is 2.15. The van der Waals surface area contributed by atoms with Crippen molar-refractivity contribution >= 4 is 0 Å². The molecule has 0 aliphatic carbocycles. The molecule has 1 saturated heterocycles. The van der Waals surface area contributed by atoms with E-state index in [4.69, 9.17) is 4.74 Å². The second kappa shape index (κ2) is 3.55. The van der Waals surface area contributed by atoms with Crippen molar-refractivity contribution < 1.29 is 4.74 Å². The number of nitrogens with zero attached hydrogens (tertiary/aromatic N) is 1. The maximum atomic E-state index is 5.25. The van der Waals surface area contributed by atoms with E-state index in [1.54, 1.807) is 0 Å². The van der Waals surface area contributed by atoms with Crippen LogP contribution < -0.4 is 0 Å². The summed E-state index contributed by atoms with van der Waals surface area (Å²) in [6.07, 6.45) is 1.26. The molecular weight excluding hydrogens is 138 g/mol. The van der Waals surface area contributed by atoms with Gasteiger partial charge in [0.2, 0.25) is 0 Å². The molecule has 0 aromatic carbocycles. The summed E-state index contributed by atoms with van der Waals surface area (Å²) in [6.45, 7) is 10.9. The normalized spacial score (nSPS) is 21.0. The van der Waals surface area contributed by atoms with Gasteiger partial charge in [-0.15, -0.1) is 0 Å². The van der Waals surface area contributed by atoms with Crippen molar-refractivity contribution in [3.05, 3.63) is 0 Å². The molecule has 2 heteroatoms. The van der Waals surface area contributed by atoms with E-state index < -0.39 is 0 Å². The summed E-state index contributed by atoms with van der Waals surface area (Å²) in [7, 11) is 0.